The van der Waals surface area contributed by atoms with Gasteiger partial charge in [0.05, 0.1) is 12.6 Å². The second-order valence-electron chi connectivity index (χ2n) is 4.27. The zero-order valence-electron chi connectivity index (χ0n) is 10.2. The molecule has 0 aromatic rings. The van der Waals surface area contributed by atoms with Gasteiger partial charge in [0.2, 0.25) is 0 Å². The van der Waals surface area contributed by atoms with Gasteiger partial charge in [0.15, 0.2) is 5.17 Å². The molecule has 0 bridgehead atoms. The first-order chi connectivity index (χ1) is 7.09. The molecule has 0 aromatic carbocycles. The van der Waals surface area contributed by atoms with Gasteiger partial charge in [-0.1, -0.05) is 18.7 Å². The van der Waals surface area contributed by atoms with E-state index in [1.807, 2.05) is 18.7 Å². The molecular weight excluding hydrogens is 208 g/mol. The summed E-state index contributed by atoms with van der Waals surface area (Å²) in [5.41, 5.74) is 0.231. The summed E-state index contributed by atoms with van der Waals surface area (Å²) < 4.78 is 5.34. The highest BCUT2D eigenvalue weighted by Gasteiger charge is 2.30. The van der Waals surface area contributed by atoms with Crippen LogP contribution >= 0.6 is 11.8 Å². The van der Waals surface area contributed by atoms with E-state index in [0.717, 1.165) is 23.9 Å². The Bertz CT molecular complexity index is 233. The Kier molecular flexibility index (Phi) is 4.93. The number of hydrogen-bond acceptors (Lipinski definition) is 3. The van der Waals surface area contributed by atoms with Crippen molar-refractivity contribution in [1.82, 2.24) is 5.32 Å². The normalized spacial score (nSPS) is 30.5. The number of nitrogens with one attached hydrogen (secondary N) is 1. The van der Waals surface area contributed by atoms with Crippen molar-refractivity contribution in [1.29, 1.82) is 0 Å². The summed E-state index contributed by atoms with van der Waals surface area (Å²) in [7, 11) is 0. The molecule has 0 radical (unpaired) electrons. The number of nitrogens with zero attached hydrogens (tertiary/aromatic N) is 1. The Labute approximate surface area is 97.1 Å². The second-order valence-corrected chi connectivity index (χ2v) is 5.23. The van der Waals surface area contributed by atoms with Crippen LogP contribution in [-0.4, -0.2) is 35.7 Å². The summed E-state index contributed by atoms with van der Waals surface area (Å²) in [6.45, 7) is 10.0. The van der Waals surface area contributed by atoms with E-state index in [4.69, 9.17) is 4.74 Å². The lowest BCUT2D eigenvalue weighted by molar-refractivity contribution is 0.137. The molecule has 1 saturated heterocycles. The molecule has 1 rings (SSSR count). The van der Waals surface area contributed by atoms with Crippen LogP contribution in [-0.2, 0) is 4.74 Å². The number of hydrogen-bond donors (Lipinski definition) is 1. The lowest BCUT2D eigenvalue weighted by atomic mass is 10.0. The van der Waals surface area contributed by atoms with Crippen LogP contribution in [0.25, 0.3) is 0 Å². The van der Waals surface area contributed by atoms with Crippen LogP contribution in [0.2, 0.25) is 0 Å². The molecular formula is C11H22N2OS. The van der Waals surface area contributed by atoms with Crippen molar-refractivity contribution in [3.05, 3.63) is 0 Å². The molecule has 4 heteroatoms. The zero-order chi connectivity index (χ0) is 11.3. The molecule has 0 aliphatic carbocycles. The van der Waals surface area contributed by atoms with Crippen LogP contribution < -0.4 is 5.32 Å². The third kappa shape index (κ3) is 4.03. The molecule has 0 spiro atoms. The summed E-state index contributed by atoms with van der Waals surface area (Å²) in [5, 5.41) is 4.56. The van der Waals surface area contributed by atoms with Gasteiger partial charge in [-0.3, -0.25) is 4.99 Å². The summed E-state index contributed by atoms with van der Waals surface area (Å²) in [5.74, 6) is 1.11. The fourth-order valence-corrected chi connectivity index (χ4v) is 2.65. The van der Waals surface area contributed by atoms with E-state index in [-0.39, 0.29) is 11.6 Å². The summed E-state index contributed by atoms with van der Waals surface area (Å²) >= 11 is 1.82. The molecule has 0 aromatic heterocycles. The number of rotatable bonds is 5. The van der Waals surface area contributed by atoms with Crippen molar-refractivity contribution in [2.24, 2.45) is 4.99 Å². The molecule has 2 unspecified atom stereocenters. The van der Waals surface area contributed by atoms with Crippen molar-refractivity contribution in [2.45, 2.75) is 45.7 Å². The highest BCUT2D eigenvalue weighted by Crippen LogP contribution is 2.25. The zero-order valence-corrected chi connectivity index (χ0v) is 11.0. The van der Waals surface area contributed by atoms with Gasteiger partial charge in [-0.15, -0.1) is 0 Å². The van der Waals surface area contributed by atoms with Gasteiger partial charge in [0.25, 0.3) is 0 Å². The maximum Gasteiger partial charge on any atom is 0.157 e. The monoisotopic (exact) mass is 230 g/mol. The Morgan fingerprint density at radius 3 is 2.87 bits per heavy atom. The van der Waals surface area contributed by atoms with Crippen LogP contribution in [0, 0.1) is 0 Å². The Morgan fingerprint density at radius 2 is 2.33 bits per heavy atom. The fraction of sp³-hybridized carbons (Fsp3) is 0.909. The average molecular weight is 230 g/mol. The molecule has 3 nitrogen and oxygen atoms in total. The van der Waals surface area contributed by atoms with Crippen molar-refractivity contribution >= 4 is 16.9 Å². The predicted octanol–water partition coefficient (Wildman–Crippen LogP) is 2.27. The minimum Gasteiger partial charge on any atom is -0.380 e. The van der Waals surface area contributed by atoms with Gasteiger partial charge in [0, 0.05) is 17.9 Å². The minimum atomic E-state index is 0.231. The van der Waals surface area contributed by atoms with Crippen LogP contribution in [0.4, 0.5) is 0 Å². The second kappa shape index (κ2) is 5.75. The molecule has 0 amide bonds. The lowest BCUT2D eigenvalue weighted by Crippen LogP contribution is -2.40. The SMILES string of the molecule is CCOCC(C)N=C1NC(C)(CC)CS1. The Balaban J connectivity index is 2.41. The predicted molar refractivity (Wildman–Crippen MR) is 67.7 cm³/mol. The van der Waals surface area contributed by atoms with E-state index in [9.17, 15) is 0 Å². The van der Waals surface area contributed by atoms with E-state index in [0.29, 0.717) is 6.61 Å². The van der Waals surface area contributed by atoms with Crippen LogP contribution in [0.15, 0.2) is 4.99 Å². The highest BCUT2D eigenvalue weighted by molar-refractivity contribution is 8.14. The van der Waals surface area contributed by atoms with Crippen molar-refractivity contribution in [3.63, 3.8) is 0 Å². The van der Waals surface area contributed by atoms with E-state index in [1.54, 1.807) is 0 Å². The van der Waals surface area contributed by atoms with E-state index in [1.165, 1.54) is 0 Å². The van der Waals surface area contributed by atoms with E-state index in [2.05, 4.69) is 31.1 Å². The Morgan fingerprint density at radius 1 is 1.60 bits per heavy atom. The molecule has 1 heterocycles. The third-order valence-electron chi connectivity index (χ3n) is 2.62. The first-order valence-electron chi connectivity index (χ1n) is 5.66. The molecule has 2 atom stereocenters. The largest absolute Gasteiger partial charge is 0.380 e. The van der Waals surface area contributed by atoms with E-state index < -0.39 is 0 Å². The fourth-order valence-electron chi connectivity index (χ4n) is 1.34. The first-order valence-corrected chi connectivity index (χ1v) is 6.64. The number of aliphatic imine (C=N–C) groups is 1. The first kappa shape index (κ1) is 12.8. The molecule has 0 saturated carbocycles. The summed E-state index contributed by atoms with van der Waals surface area (Å²) in [6, 6.07) is 0.249. The average Bonchev–Trinajstić information content (AvgIpc) is 2.58. The van der Waals surface area contributed by atoms with Crippen molar-refractivity contribution in [3.8, 4) is 0 Å². The topological polar surface area (TPSA) is 33.6 Å². The maximum absolute atomic E-state index is 5.34. The molecule has 1 aliphatic rings. The smallest absolute Gasteiger partial charge is 0.157 e. The minimum absolute atomic E-state index is 0.231. The van der Waals surface area contributed by atoms with Gasteiger partial charge >= 0.3 is 0 Å². The van der Waals surface area contributed by atoms with E-state index >= 15 is 0 Å². The quantitative estimate of drug-likeness (QED) is 0.786. The molecule has 1 N–H and O–H groups in total. The summed E-state index contributed by atoms with van der Waals surface area (Å²) in [4.78, 5) is 4.60. The standard InChI is InChI=1S/C11H22N2OS/c1-5-11(4)8-15-10(13-11)12-9(3)7-14-6-2/h9H,5-8H2,1-4H3,(H,12,13). The molecule has 1 fully saturated rings. The molecule has 1 aliphatic heterocycles. The maximum atomic E-state index is 5.34. The van der Waals surface area contributed by atoms with Crippen LogP contribution in [0.1, 0.15) is 34.1 Å². The highest BCUT2D eigenvalue weighted by atomic mass is 32.2. The van der Waals surface area contributed by atoms with Crippen molar-refractivity contribution < 1.29 is 4.74 Å². The van der Waals surface area contributed by atoms with Crippen LogP contribution in [0.5, 0.6) is 0 Å². The van der Waals surface area contributed by atoms with Gasteiger partial charge < -0.3 is 10.1 Å². The number of ether oxygens (including phenoxy) is 1. The van der Waals surface area contributed by atoms with Crippen molar-refractivity contribution in [2.75, 3.05) is 19.0 Å². The number of thioether (sulfide) groups is 1. The molecule has 88 valence electrons. The van der Waals surface area contributed by atoms with Gasteiger partial charge in [-0.25, -0.2) is 0 Å². The van der Waals surface area contributed by atoms with Crippen LogP contribution in [0.3, 0.4) is 0 Å². The number of amidine groups is 1. The summed E-state index contributed by atoms with van der Waals surface area (Å²) in [6.07, 6.45) is 1.14. The van der Waals surface area contributed by atoms with Gasteiger partial charge in [0.1, 0.15) is 0 Å². The molecule has 15 heavy (non-hydrogen) atoms. The van der Waals surface area contributed by atoms with Gasteiger partial charge in [-0.2, -0.15) is 0 Å². The lowest BCUT2D eigenvalue weighted by Gasteiger charge is -2.21. The van der Waals surface area contributed by atoms with Gasteiger partial charge in [-0.05, 0) is 27.2 Å². The third-order valence-corrected chi connectivity index (χ3v) is 3.88. The Hall–Kier alpha value is -0.220.